The van der Waals surface area contributed by atoms with Crippen LogP contribution in [0.25, 0.3) is 0 Å². The largest absolute Gasteiger partial charge is 0.385 e. The van der Waals surface area contributed by atoms with E-state index in [9.17, 15) is 4.79 Å². The van der Waals surface area contributed by atoms with Crippen LogP contribution in [0.15, 0.2) is 6.07 Å². The molecule has 1 heterocycles. The summed E-state index contributed by atoms with van der Waals surface area (Å²) in [6, 6.07) is 2.10. The summed E-state index contributed by atoms with van der Waals surface area (Å²) in [5, 5.41) is 0. The zero-order chi connectivity index (χ0) is 13.5. The van der Waals surface area contributed by atoms with Gasteiger partial charge in [0.1, 0.15) is 0 Å². The zero-order valence-corrected chi connectivity index (χ0v) is 12.0. The van der Waals surface area contributed by atoms with Gasteiger partial charge in [-0.1, -0.05) is 0 Å². The lowest BCUT2D eigenvalue weighted by atomic mass is 9.96. The van der Waals surface area contributed by atoms with Crippen molar-refractivity contribution in [2.24, 2.45) is 5.41 Å². The van der Waals surface area contributed by atoms with Crippen LogP contribution in [0, 0.1) is 12.3 Å². The molecule has 3 rings (SSSR count). The van der Waals surface area contributed by atoms with Crippen molar-refractivity contribution in [3.05, 3.63) is 23.0 Å². The molecule has 1 saturated carbocycles. The van der Waals surface area contributed by atoms with Gasteiger partial charge in [-0.3, -0.25) is 4.79 Å². The van der Waals surface area contributed by atoms with Gasteiger partial charge >= 0.3 is 0 Å². The second-order valence-electron chi connectivity index (χ2n) is 6.25. The predicted octanol–water partition coefficient (Wildman–Crippen LogP) is 3.13. The van der Waals surface area contributed by atoms with E-state index in [0.717, 1.165) is 44.4 Å². The fraction of sp³-hybridized carbons (Fsp3) is 0.688. The van der Waals surface area contributed by atoms with Gasteiger partial charge in [-0.2, -0.15) is 0 Å². The van der Waals surface area contributed by atoms with Crippen LogP contribution >= 0.6 is 0 Å². The minimum absolute atomic E-state index is 0.338. The monoisotopic (exact) mass is 261 g/mol. The quantitative estimate of drug-likeness (QED) is 0.815. The first kappa shape index (κ1) is 12.9. The number of aryl methyl sites for hydroxylation is 1. The number of ketones is 1. The molecule has 2 aliphatic carbocycles. The van der Waals surface area contributed by atoms with E-state index < -0.39 is 0 Å². The van der Waals surface area contributed by atoms with Crippen LogP contribution in [0.2, 0.25) is 0 Å². The van der Waals surface area contributed by atoms with Crippen molar-refractivity contribution in [2.45, 2.75) is 52.0 Å². The predicted molar refractivity (Wildman–Crippen MR) is 74.6 cm³/mol. The summed E-state index contributed by atoms with van der Waals surface area (Å²) < 4.78 is 7.65. The first-order valence-electron chi connectivity index (χ1n) is 7.36. The fourth-order valence-electron chi connectivity index (χ4n) is 3.33. The molecule has 1 aromatic rings. The molecule has 0 spiro atoms. The maximum atomic E-state index is 12.0. The van der Waals surface area contributed by atoms with Crippen molar-refractivity contribution < 1.29 is 9.53 Å². The number of rotatable bonds is 5. The Hall–Kier alpha value is -1.09. The molecule has 0 bridgehead atoms. The first-order chi connectivity index (χ1) is 9.15. The van der Waals surface area contributed by atoms with Gasteiger partial charge in [0.15, 0.2) is 5.78 Å². The van der Waals surface area contributed by atoms with E-state index >= 15 is 0 Å². The Morgan fingerprint density at radius 1 is 1.37 bits per heavy atom. The number of aromatic nitrogens is 1. The highest BCUT2D eigenvalue weighted by Crippen LogP contribution is 2.50. The van der Waals surface area contributed by atoms with Gasteiger partial charge in [-0.25, -0.2) is 0 Å². The van der Waals surface area contributed by atoms with Crippen LogP contribution in [0.3, 0.4) is 0 Å². The van der Waals surface area contributed by atoms with Gasteiger partial charge in [0.2, 0.25) is 0 Å². The normalized spacial score (nSPS) is 20.4. The molecule has 1 fully saturated rings. The molecule has 0 aliphatic heterocycles. The van der Waals surface area contributed by atoms with E-state index in [1.165, 1.54) is 24.2 Å². The third kappa shape index (κ3) is 2.36. The summed E-state index contributed by atoms with van der Waals surface area (Å²) in [5.74, 6) is 0.338. The van der Waals surface area contributed by atoms with Crippen LogP contribution in [0.1, 0.15) is 53.8 Å². The summed E-state index contributed by atoms with van der Waals surface area (Å²) in [6.45, 7) is 4.06. The van der Waals surface area contributed by atoms with E-state index in [1.54, 1.807) is 7.11 Å². The molecule has 0 N–H and O–H groups in total. The number of carbonyl (C=O) groups excluding carboxylic acids is 1. The Morgan fingerprint density at radius 2 is 2.16 bits per heavy atom. The summed E-state index contributed by atoms with van der Waals surface area (Å²) in [7, 11) is 1.78. The number of methoxy groups -OCH3 is 1. The summed E-state index contributed by atoms with van der Waals surface area (Å²) in [4.78, 5) is 12.0. The van der Waals surface area contributed by atoms with Crippen molar-refractivity contribution in [2.75, 3.05) is 13.7 Å². The van der Waals surface area contributed by atoms with Crippen LogP contribution in [0.5, 0.6) is 0 Å². The maximum Gasteiger partial charge on any atom is 0.164 e. The molecule has 0 aromatic carbocycles. The molecule has 104 valence electrons. The molecule has 1 aromatic heterocycles. The molecule has 0 unspecified atom stereocenters. The highest BCUT2D eigenvalue weighted by Gasteiger charge is 2.43. The smallest absolute Gasteiger partial charge is 0.164 e. The topological polar surface area (TPSA) is 31.2 Å². The van der Waals surface area contributed by atoms with Crippen molar-refractivity contribution in [1.29, 1.82) is 0 Å². The molecular weight excluding hydrogens is 238 g/mol. The Balaban J connectivity index is 1.83. The number of hydrogen-bond donors (Lipinski definition) is 0. The fourth-order valence-corrected chi connectivity index (χ4v) is 3.33. The van der Waals surface area contributed by atoms with Gasteiger partial charge in [0.25, 0.3) is 0 Å². The number of ether oxygens (including phenoxy) is 1. The van der Waals surface area contributed by atoms with Gasteiger partial charge in [-0.15, -0.1) is 0 Å². The molecule has 0 atom stereocenters. The molecule has 19 heavy (non-hydrogen) atoms. The Kier molecular flexibility index (Phi) is 3.25. The van der Waals surface area contributed by atoms with E-state index in [-0.39, 0.29) is 0 Å². The minimum Gasteiger partial charge on any atom is -0.385 e. The van der Waals surface area contributed by atoms with Crippen molar-refractivity contribution in [3.63, 3.8) is 0 Å². The third-order valence-electron chi connectivity index (χ3n) is 4.82. The second kappa shape index (κ2) is 4.78. The maximum absolute atomic E-state index is 12.0. The number of Topliss-reactive ketones (excluding diaryl/α,β-unsaturated/α-hetero) is 1. The number of carbonyl (C=O) groups is 1. The summed E-state index contributed by atoms with van der Waals surface area (Å²) in [5.41, 5.74) is 3.97. The van der Waals surface area contributed by atoms with Gasteiger partial charge in [0, 0.05) is 43.6 Å². The number of hydrogen-bond acceptors (Lipinski definition) is 2. The van der Waals surface area contributed by atoms with Gasteiger partial charge in [0.05, 0.1) is 0 Å². The molecule has 2 aliphatic rings. The summed E-state index contributed by atoms with van der Waals surface area (Å²) >= 11 is 0. The molecule has 3 nitrogen and oxygen atoms in total. The lowest BCUT2D eigenvalue weighted by Gasteiger charge is -2.21. The van der Waals surface area contributed by atoms with Crippen molar-refractivity contribution >= 4 is 5.78 Å². The number of fused-ring (bicyclic) bond motifs is 1. The van der Waals surface area contributed by atoms with Crippen LogP contribution < -0.4 is 0 Å². The second-order valence-corrected chi connectivity index (χ2v) is 6.25. The van der Waals surface area contributed by atoms with Crippen LogP contribution in [0.4, 0.5) is 0 Å². The highest BCUT2D eigenvalue weighted by atomic mass is 16.5. The highest BCUT2D eigenvalue weighted by molar-refractivity contribution is 5.98. The Morgan fingerprint density at radius 3 is 2.84 bits per heavy atom. The third-order valence-corrected chi connectivity index (χ3v) is 4.82. The SMILES string of the molecule is COCCC1(Cn2c(C)cc3c2CCCC3=O)CC1. The lowest BCUT2D eigenvalue weighted by molar-refractivity contribution is 0.0971. The minimum atomic E-state index is 0.338. The zero-order valence-electron chi connectivity index (χ0n) is 12.0. The van der Waals surface area contributed by atoms with E-state index in [0.29, 0.717) is 11.2 Å². The average molecular weight is 261 g/mol. The van der Waals surface area contributed by atoms with Gasteiger partial charge in [-0.05, 0) is 50.5 Å². The molecule has 0 radical (unpaired) electrons. The molecule has 0 saturated heterocycles. The van der Waals surface area contributed by atoms with E-state index in [4.69, 9.17) is 4.74 Å². The van der Waals surface area contributed by atoms with Crippen molar-refractivity contribution in [3.8, 4) is 0 Å². The van der Waals surface area contributed by atoms with Crippen LogP contribution in [-0.2, 0) is 17.7 Å². The Labute approximate surface area is 114 Å². The summed E-state index contributed by atoms with van der Waals surface area (Å²) in [6.07, 6.45) is 6.55. The Bertz CT molecular complexity index is 497. The molecule has 0 amide bonds. The molecule has 3 heteroatoms. The van der Waals surface area contributed by atoms with Crippen LogP contribution in [-0.4, -0.2) is 24.1 Å². The lowest BCUT2D eigenvalue weighted by Crippen LogP contribution is -2.19. The first-order valence-corrected chi connectivity index (χ1v) is 7.36. The standard InChI is InChI=1S/C16H23NO2/c1-12-10-13-14(4-3-5-15(13)18)17(12)11-16(6-7-16)8-9-19-2/h10H,3-9,11H2,1-2H3. The van der Waals surface area contributed by atoms with E-state index in [1.807, 2.05) is 0 Å². The van der Waals surface area contributed by atoms with E-state index in [2.05, 4.69) is 17.6 Å². The number of nitrogens with zero attached hydrogens (tertiary/aromatic N) is 1. The molecular formula is C16H23NO2. The van der Waals surface area contributed by atoms with Gasteiger partial charge < -0.3 is 9.30 Å². The average Bonchev–Trinajstić information content (AvgIpc) is 3.09. The van der Waals surface area contributed by atoms with Crippen molar-refractivity contribution in [1.82, 2.24) is 4.57 Å².